The van der Waals surface area contributed by atoms with Crippen LogP contribution in [0.4, 0.5) is 0 Å². The van der Waals surface area contributed by atoms with E-state index in [-0.39, 0.29) is 6.42 Å². The molecule has 136 valence electrons. The van der Waals surface area contributed by atoms with Crippen molar-refractivity contribution in [3.63, 3.8) is 0 Å². The maximum atomic E-state index is 12.9. The van der Waals surface area contributed by atoms with Crippen LogP contribution < -0.4 is 11.2 Å². The summed E-state index contributed by atoms with van der Waals surface area (Å²) < 4.78 is 0.845. The lowest BCUT2D eigenvalue weighted by Crippen LogP contribution is -2.41. The van der Waals surface area contributed by atoms with E-state index in [1.165, 1.54) is 11.3 Å². The fraction of sp³-hybridized carbons (Fsp3) is 0.316. The number of nitrogens with zero attached hydrogens (tertiary/aromatic N) is 1. The van der Waals surface area contributed by atoms with E-state index in [0.29, 0.717) is 16.6 Å². The number of hydrogen-bond donors (Lipinski definition) is 2. The molecule has 0 bridgehead atoms. The predicted octanol–water partition coefficient (Wildman–Crippen LogP) is 2.94. The van der Waals surface area contributed by atoms with Crippen LogP contribution in [0.15, 0.2) is 33.9 Å². The number of hydrogen-bond acceptors (Lipinski definition) is 4. The molecule has 0 saturated heterocycles. The van der Waals surface area contributed by atoms with E-state index in [1.807, 2.05) is 38.1 Å². The third-order valence-corrected chi connectivity index (χ3v) is 5.80. The van der Waals surface area contributed by atoms with Crippen molar-refractivity contribution in [2.24, 2.45) is 0 Å². The maximum absolute atomic E-state index is 12.9. The number of fused-ring (bicyclic) bond motifs is 1. The summed E-state index contributed by atoms with van der Waals surface area (Å²) >= 11 is 1.33. The smallest absolute Gasteiger partial charge is 0.330 e. The summed E-state index contributed by atoms with van der Waals surface area (Å²) in [6.45, 7) is 5.65. The van der Waals surface area contributed by atoms with Crippen molar-refractivity contribution in [3.05, 3.63) is 66.7 Å². The van der Waals surface area contributed by atoms with Gasteiger partial charge < -0.3 is 5.11 Å². The van der Waals surface area contributed by atoms with E-state index in [2.05, 4.69) is 4.98 Å². The molecule has 2 N–H and O–H groups in total. The van der Waals surface area contributed by atoms with Crippen LogP contribution in [0.25, 0.3) is 10.2 Å². The first-order chi connectivity index (χ1) is 12.3. The van der Waals surface area contributed by atoms with Crippen LogP contribution in [0.1, 0.15) is 34.0 Å². The lowest BCUT2D eigenvalue weighted by molar-refractivity contribution is -0.141. The van der Waals surface area contributed by atoms with Gasteiger partial charge in [-0.25, -0.2) is 14.2 Å². The quantitative estimate of drug-likeness (QED) is 0.720. The fourth-order valence-electron chi connectivity index (χ4n) is 3.05. The minimum atomic E-state index is -1.21. The molecule has 1 unspecified atom stereocenters. The Hall–Kier alpha value is -2.67. The Morgan fingerprint density at radius 3 is 2.46 bits per heavy atom. The van der Waals surface area contributed by atoms with Crippen molar-refractivity contribution < 1.29 is 9.90 Å². The van der Waals surface area contributed by atoms with Crippen LogP contribution in [0.2, 0.25) is 0 Å². The first kappa shape index (κ1) is 18.1. The summed E-state index contributed by atoms with van der Waals surface area (Å²) in [5, 5.41) is 10.0. The van der Waals surface area contributed by atoms with Crippen LogP contribution in [0, 0.1) is 20.8 Å². The van der Waals surface area contributed by atoms with Gasteiger partial charge in [-0.2, -0.15) is 0 Å². The highest BCUT2D eigenvalue weighted by atomic mass is 32.1. The third-order valence-electron chi connectivity index (χ3n) is 4.68. The molecule has 26 heavy (non-hydrogen) atoms. The predicted molar refractivity (Wildman–Crippen MR) is 102 cm³/mol. The molecule has 0 fully saturated rings. The number of aromatic amines is 1. The molecule has 3 rings (SSSR count). The van der Waals surface area contributed by atoms with E-state index in [1.54, 1.807) is 6.92 Å². The Morgan fingerprint density at radius 2 is 1.85 bits per heavy atom. The van der Waals surface area contributed by atoms with E-state index in [4.69, 9.17) is 0 Å². The first-order valence-electron chi connectivity index (χ1n) is 8.32. The number of H-pyrrole nitrogens is 1. The first-order valence-corrected chi connectivity index (χ1v) is 9.14. The largest absolute Gasteiger partial charge is 0.480 e. The molecule has 3 aromatic rings. The summed E-state index contributed by atoms with van der Waals surface area (Å²) in [4.78, 5) is 41.2. The zero-order chi connectivity index (χ0) is 19.0. The second-order valence-corrected chi connectivity index (χ2v) is 7.70. The standard InChI is InChI=1S/C19H20N2O4S/c1-10-4-6-13(7-5-10)8-9-14(18(23)24)21-17(22)15-11(2)12(3)26-16(15)20-19(21)25/h4-7,14H,8-9H2,1-3H3,(H,20,25)(H,23,24). The zero-order valence-corrected chi connectivity index (χ0v) is 15.6. The SMILES string of the molecule is Cc1ccc(CCC(C(=O)O)n2c(=O)[nH]c3sc(C)c(C)c3c2=O)cc1. The minimum absolute atomic E-state index is 0.162. The van der Waals surface area contributed by atoms with Gasteiger partial charge in [0.1, 0.15) is 10.9 Å². The molecule has 2 aromatic heterocycles. The molecule has 0 aliphatic carbocycles. The van der Waals surface area contributed by atoms with E-state index >= 15 is 0 Å². The highest BCUT2D eigenvalue weighted by molar-refractivity contribution is 7.18. The van der Waals surface area contributed by atoms with Gasteiger partial charge in [0.05, 0.1) is 5.39 Å². The van der Waals surface area contributed by atoms with Crippen LogP contribution >= 0.6 is 11.3 Å². The van der Waals surface area contributed by atoms with Crippen LogP contribution in [0.3, 0.4) is 0 Å². The Kier molecular flexibility index (Phi) is 4.82. The lowest BCUT2D eigenvalue weighted by Gasteiger charge is -2.15. The summed E-state index contributed by atoms with van der Waals surface area (Å²) in [5.41, 5.74) is 1.64. The second kappa shape index (κ2) is 6.92. The van der Waals surface area contributed by atoms with Crippen LogP contribution in [0.5, 0.6) is 0 Å². The average molecular weight is 372 g/mol. The van der Waals surface area contributed by atoms with Gasteiger partial charge in [-0.3, -0.25) is 9.78 Å². The van der Waals surface area contributed by atoms with Crippen molar-refractivity contribution in [1.82, 2.24) is 9.55 Å². The highest BCUT2D eigenvalue weighted by Gasteiger charge is 2.25. The maximum Gasteiger partial charge on any atom is 0.330 e. The summed E-state index contributed by atoms with van der Waals surface area (Å²) in [6, 6.07) is 6.55. The van der Waals surface area contributed by atoms with Gasteiger partial charge in [0.25, 0.3) is 5.56 Å². The van der Waals surface area contributed by atoms with Gasteiger partial charge in [-0.15, -0.1) is 11.3 Å². The van der Waals surface area contributed by atoms with Crippen molar-refractivity contribution in [2.45, 2.75) is 39.7 Å². The monoisotopic (exact) mass is 372 g/mol. The van der Waals surface area contributed by atoms with E-state index < -0.39 is 23.3 Å². The van der Waals surface area contributed by atoms with E-state index in [9.17, 15) is 19.5 Å². The van der Waals surface area contributed by atoms with Gasteiger partial charge in [-0.1, -0.05) is 29.8 Å². The number of carboxylic acids is 1. The second-order valence-electron chi connectivity index (χ2n) is 6.47. The molecule has 0 aliphatic heterocycles. The molecule has 1 aromatic carbocycles. The molecule has 1 atom stereocenters. The molecule has 0 amide bonds. The molecule has 6 nitrogen and oxygen atoms in total. The Morgan fingerprint density at radius 1 is 1.19 bits per heavy atom. The molecule has 0 saturated carbocycles. The number of aliphatic carboxylic acids is 1. The molecular weight excluding hydrogens is 352 g/mol. The van der Waals surface area contributed by atoms with Crippen LogP contribution in [-0.4, -0.2) is 20.6 Å². The van der Waals surface area contributed by atoms with Crippen molar-refractivity contribution >= 4 is 27.5 Å². The normalized spacial score (nSPS) is 12.4. The number of aryl methyl sites for hydroxylation is 4. The Labute approximate surface area is 153 Å². The lowest BCUT2D eigenvalue weighted by atomic mass is 10.0. The third kappa shape index (κ3) is 3.22. The molecule has 2 heterocycles. The van der Waals surface area contributed by atoms with Crippen molar-refractivity contribution in [1.29, 1.82) is 0 Å². The van der Waals surface area contributed by atoms with E-state index in [0.717, 1.165) is 26.1 Å². The van der Waals surface area contributed by atoms with Crippen LogP contribution in [-0.2, 0) is 11.2 Å². The van der Waals surface area contributed by atoms with Crippen molar-refractivity contribution in [2.75, 3.05) is 0 Å². The molecular formula is C19H20N2O4S. The van der Waals surface area contributed by atoms with Gasteiger partial charge >= 0.3 is 11.7 Å². The van der Waals surface area contributed by atoms with Gasteiger partial charge in [0.2, 0.25) is 0 Å². The van der Waals surface area contributed by atoms with Gasteiger partial charge in [0, 0.05) is 4.88 Å². The van der Waals surface area contributed by atoms with Gasteiger partial charge in [0.15, 0.2) is 0 Å². The fourth-order valence-corrected chi connectivity index (χ4v) is 4.09. The number of carbonyl (C=O) groups is 1. The number of carboxylic acid groups (broad SMARTS) is 1. The summed E-state index contributed by atoms with van der Waals surface area (Å²) in [5.74, 6) is -1.19. The van der Waals surface area contributed by atoms with Gasteiger partial charge in [-0.05, 0) is 44.7 Å². The Balaban J connectivity index is 2.04. The van der Waals surface area contributed by atoms with Crippen molar-refractivity contribution in [3.8, 4) is 0 Å². The number of thiophene rings is 1. The average Bonchev–Trinajstić information content (AvgIpc) is 2.86. The number of aromatic nitrogens is 2. The molecule has 0 radical (unpaired) electrons. The molecule has 7 heteroatoms. The number of nitrogens with one attached hydrogen (secondary N) is 1. The zero-order valence-electron chi connectivity index (χ0n) is 14.8. The number of benzene rings is 1. The number of rotatable bonds is 5. The Bertz CT molecular complexity index is 1090. The highest BCUT2D eigenvalue weighted by Crippen LogP contribution is 2.25. The minimum Gasteiger partial charge on any atom is -0.480 e. The summed E-state index contributed by atoms with van der Waals surface area (Å²) in [6.07, 6.45) is 0.623. The molecule has 0 spiro atoms. The summed E-state index contributed by atoms with van der Waals surface area (Å²) in [7, 11) is 0. The topological polar surface area (TPSA) is 92.2 Å². The molecule has 0 aliphatic rings.